The van der Waals surface area contributed by atoms with Crippen LogP contribution in [0.5, 0.6) is 0 Å². The Morgan fingerprint density at radius 1 is 1.27 bits per heavy atom. The van der Waals surface area contributed by atoms with Gasteiger partial charge >= 0.3 is 0 Å². The van der Waals surface area contributed by atoms with Crippen LogP contribution in [0.15, 0.2) is 24.3 Å². The van der Waals surface area contributed by atoms with Gasteiger partial charge in [0.15, 0.2) is 0 Å². The number of hydrogen-bond acceptors (Lipinski definition) is 3. The fraction of sp³-hybridized carbons (Fsp3) is 0.250. The van der Waals surface area contributed by atoms with Gasteiger partial charge in [0, 0.05) is 16.1 Å². The first-order valence-electron chi connectivity index (χ1n) is 7.00. The zero-order chi connectivity index (χ0) is 15.4. The van der Waals surface area contributed by atoms with Crippen LogP contribution in [-0.2, 0) is 4.74 Å². The van der Waals surface area contributed by atoms with E-state index < -0.39 is 11.7 Å². The Morgan fingerprint density at radius 2 is 2.05 bits per heavy atom. The van der Waals surface area contributed by atoms with Crippen LogP contribution in [0.3, 0.4) is 0 Å². The molecule has 2 bridgehead atoms. The number of benzene rings is 1. The Labute approximate surface area is 131 Å². The largest absolute Gasteiger partial charge is 0.364 e. The van der Waals surface area contributed by atoms with Crippen molar-refractivity contribution < 1.29 is 13.9 Å². The molecular weight excluding hydrogens is 307 g/mol. The van der Waals surface area contributed by atoms with Crippen molar-refractivity contribution in [1.29, 1.82) is 0 Å². The summed E-state index contributed by atoms with van der Waals surface area (Å²) in [5, 5.41) is 0.319. The molecule has 0 aliphatic carbocycles. The highest BCUT2D eigenvalue weighted by molar-refractivity contribution is 6.30. The minimum atomic E-state index is -0.638. The van der Waals surface area contributed by atoms with E-state index in [2.05, 4.69) is 4.98 Å². The summed E-state index contributed by atoms with van der Waals surface area (Å²) >= 11 is 5.82. The number of ether oxygens (including phenoxy) is 1. The van der Waals surface area contributed by atoms with Crippen molar-refractivity contribution in [1.82, 2.24) is 4.98 Å². The van der Waals surface area contributed by atoms with E-state index >= 15 is 0 Å². The Hall–Kier alpha value is -1.98. The van der Waals surface area contributed by atoms with Crippen molar-refractivity contribution in [3.8, 4) is 11.1 Å². The molecule has 1 fully saturated rings. The zero-order valence-electron chi connectivity index (χ0n) is 11.5. The van der Waals surface area contributed by atoms with Crippen LogP contribution in [0.25, 0.3) is 11.1 Å². The monoisotopic (exact) mass is 318 g/mol. The molecule has 4 rings (SSSR count). The molecule has 0 radical (unpaired) electrons. The average molecular weight is 319 g/mol. The fourth-order valence-electron chi connectivity index (χ4n) is 3.27. The van der Waals surface area contributed by atoms with Crippen LogP contribution in [0.4, 0.5) is 4.39 Å². The second-order valence-electron chi connectivity index (χ2n) is 5.53. The van der Waals surface area contributed by atoms with E-state index in [1.54, 1.807) is 12.1 Å². The van der Waals surface area contributed by atoms with Gasteiger partial charge in [-0.05, 0) is 42.7 Å². The number of aromatic nitrogens is 1. The van der Waals surface area contributed by atoms with E-state index in [1.165, 1.54) is 12.1 Å². The Bertz CT molecular complexity index is 809. The maximum absolute atomic E-state index is 14.3. The van der Waals surface area contributed by atoms with E-state index in [0.29, 0.717) is 21.8 Å². The second-order valence-corrected chi connectivity index (χ2v) is 5.97. The molecule has 1 aromatic carbocycles. The van der Waals surface area contributed by atoms with Crippen molar-refractivity contribution in [3.05, 3.63) is 52.1 Å². The maximum atomic E-state index is 14.3. The second kappa shape index (κ2) is 4.76. The number of rotatable bonds is 2. The first kappa shape index (κ1) is 13.7. The van der Waals surface area contributed by atoms with E-state index in [-0.39, 0.29) is 17.9 Å². The summed E-state index contributed by atoms with van der Waals surface area (Å²) in [6, 6.07) is 6.01. The number of nitrogens with zero attached hydrogens (tertiary/aromatic N) is 1. The van der Waals surface area contributed by atoms with Gasteiger partial charge in [-0.2, -0.15) is 0 Å². The van der Waals surface area contributed by atoms with Gasteiger partial charge in [-0.15, -0.1) is 0 Å². The van der Waals surface area contributed by atoms with Crippen LogP contribution < -0.4 is 5.73 Å². The zero-order valence-corrected chi connectivity index (χ0v) is 12.2. The van der Waals surface area contributed by atoms with Gasteiger partial charge in [-0.3, -0.25) is 4.79 Å². The Kier molecular flexibility index (Phi) is 2.96. The molecule has 1 saturated heterocycles. The Balaban J connectivity index is 1.99. The molecule has 2 aromatic rings. The van der Waals surface area contributed by atoms with Gasteiger partial charge in [0.1, 0.15) is 17.6 Å². The molecule has 2 atom stereocenters. The molecule has 1 aromatic heterocycles. The lowest BCUT2D eigenvalue weighted by molar-refractivity contribution is 0.0704. The van der Waals surface area contributed by atoms with Crippen LogP contribution in [0.1, 0.15) is 46.8 Å². The normalized spacial score (nSPS) is 21.9. The molecule has 6 heteroatoms. The van der Waals surface area contributed by atoms with Crippen molar-refractivity contribution in [2.24, 2.45) is 5.73 Å². The topological polar surface area (TPSA) is 65.2 Å². The number of hydrogen-bond donors (Lipinski definition) is 1. The van der Waals surface area contributed by atoms with E-state index in [9.17, 15) is 9.18 Å². The summed E-state index contributed by atoms with van der Waals surface area (Å²) in [6.45, 7) is 0. The van der Waals surface area contributed by atoms with Gasteiger partial charge in [0.25, 0.3) is 5.91 Å². The van der Waals surface area contributed by atoms with Crippen LogP contribution in [-0.4, -0.2) is 10.9 Å². The van der Waals surface area contributed by atoms with Crippen LogP contribution in [0.2, 0.25) is 5.02 Å². The number of pyridine rings is 1. The number of primary amides is 1. The minimum Gasteiger partial charge on any atom is -0.364 e. The van der Waals surface area contributed by atoms with Crippen molar-refractivity contribution >= 4 is 17.5 Å². The third kappa shape index (κ3) is 1.93. The molecule has 0 unspecified atom stereocenters. The van der Waals surface area contributed by atoms with Gasteiger partial charge in [0.05, 0.1) is 11.8 Å². The molecule has 1 amide bonds. The van der Waals surface area contributed by atoms with E-state index in [1.807, 2.05) is 0 Å². The van der Waals surface area contributed by atoms with Crippen molar-refractivity contribution in [2.45, 2.75) is 25.0 Å². The predicted molar refractivity (Wildman–Crippen MR) is 79.0 cm³/mol. The lowest BCUT2D eigenvalue weighted by Crippen LogP contribution is -2.16. The highest BCUT2D eigenvalue weighted by atomic mass is 35.5. The van der Waals surface area contributed by atoms with Crippen LogP contribution in [0, 0.1) is 5.82 Å². The van der Waals surface area contributed by atoms with Gasteiger partial charge in [-0.1, -0.05) is 11.6 Å². The van der Waals surface area contributed by atoms with Gasteiger partial charge in [-0.25, -0.2) is 9.37 Å². The SMILES string of the molecule is NC(=O)c1cc(-c2ccc(Cl)cc2F)c2c(n1)[C@@H]1CC[C@H]2O1. The first-order chi connectivity index (χ1) is 10.5. The smallest absolute Gasteiger partial charge is 0.267 e. The van der Waals surface area contributed by atoms with Crippen molar-refractivity contribution in [2.75, 3.05) is 0 Å². The van der Waals surface area contributed by atoms with Gasteiger partial charge < -0.3 is 10.5 Å². The standard InChI is InChI=1S/C16H12ClFN2O2/c17-7-1-2-8(10(18)5-7)9-6-11(16(19)21)20-15-13-4-3-12(22-13)14(9)15/h1-2,5-6,12-13H,3-4H2,(H2,19,21)/t12-,13+/m1/s1. The maximum Gasteiger partial charge on any atom is 0.267 e. The molecule has 0 spiro atoms. The summed E-state index contributed by atoms with van der Waals surface area (Å²) in [7, 11) is 0. The third-order valence-corrected chi connectivity index (χ3v) is 4.44. The average Bonchev–Trinajstić information content (AvgIpc) is 3.08. The summed E-state index contributed by atoms with van der Waals surface area (Å²) in [6.07, 6.45) is 1.50. The fourth-order valence-corrected chi connectivity index (χ4v) is 3.42. The van der Waals surface area contributed by atoms with Crippen molar-refractivity contribution in [3.63, 3.8) is 0 Å². The summed E-state index contributed by atoms with van der Waals surface area (Å²) in [5.74, 6) is -1.08. The number of carbonyl (C=O) groups is 1. The number of fused-ring (bicyclic) bond motifs is 5. The number of amides is 1. The Morgan fingerprint density at radius 3 is 2.77 bits per heavy atom. The molecule has 112 valence electrons. The molecule has 2 N–H and O–H groups in total. The van der Waals surface area contributed by atoms with Crippen LogP contribution >= 0.6 is 11.6 Å². The quantitative estimate of drug-likeness (QED) is 0.921. The third-order valence-electron chi connectivity index (χ3n) is 4.21. The molecule has 2 aliphatic rings. The number of nitrogens with two attached hydrogens (primary N) is 1. The first-order valence-corrected chi connectivity index (χ1v) is 7.38. The summed E-state index contributed by atoms with van der Waals surface area (Å²) in [4.78, 5) is 15.9. The predicted octanol–water partition coefficient (Wildman–Crippen LogP) is 3.55. The molecule has 22 heavy (non-hydrogen) atoms. The number of halogens is 2. The lowest BCUT2D eigenvalue weighted by atomic mass is 9.88. The summed E-state index contributed by atoms with van der Waals surface area (Å²) in [5.41, 5.74) is 8.04. The highest BCUT2D eigenvalue weighted by Gasteiger charge is 2.42. The molecule has 0 saturated carbocycles. The van der Waals surface area contributed by atoms with E-state index in [0.717, 1.165) is 18.4 Å². The van der Waals surface area contributed by atoms with Gasteiger partial charge in [0.2, 0.25) is 0 Å². The molecule has 4 nitrogen and oxygen atoms in total. The number of carbonyl (C=O) groups excluding carboxylic acids is 1. The molecule has 3 heterocycles. The molecular formula is C16H12ClFN2O2. The lowest BCUT2D eigenvalue weighted by Gasteiger charge is -2.17. The highest BCUT2D eigenvalue weighted by Crippen LogP contribution is 2.53. The van der Waals surface area contributed by atoms with E-state index in [4.69, 9.17) is 22.1 Å². The minimum absolute atomic E-state index is 0.0977. The molecule has 2 aliphatic heterocycles. The summed E-state index contributed by atoms with van der Waals surface area (Å²) < 4.78 is 20.2.